The van der Waals surface area contributed by atoms with Crippen LogP contribution in [0.2, 0.25) is 0 Å². The van der Waals surface area contributed by atoms with Crippen LogP contribution in [0.1, 0.15) is 64.9 Å². The Bertz CT molecular complexity index is 525. The number of esters is 1. The second-order valence-electron chi connectivity index (χ2n) is 8.19. The minimum absolute atomic E-state index is 0.119. The van der Waals surface area contributed by atoms with Crippen LogP contribution < -0.4 is 4.74 Å². The topological polar surface area (TPSA) is 38.8 Å². The molecule has 0 radical (unpaired) electrons. The van der Waals surface area contributed by atoms with E-state index in [4.69, 9.17) is 9.47 Å². The Morgan fingerprint density at radius 3 is 2.31 bits per heavy atom. The smallest absolute Gasteiger partial charge is 0.306 e. The number of aryl methyl sites for hydroxylation is 1. The normalized spacial score (nSPS) is 16.1. The maximum absolute atomic E-state index is 11.7. The second kappa shape index (κ2) is 10.6. The average molecular weight is 362 g/mol. The van der Waals surface area contributed by atoms with Gasteiger partial charge >= 0.3 is 5.97 Å². The van der Waals surface area contributed by atoms with Gasteiger partial charge in [0.15, 0.2) is 0 Å². The van der Waals surface area contributed by atoms with Gasteiger partial charge in [-0.1, -0.05) is 25.0 Å². The van der Waals surface area contributed by atoms with Crippen LogP contribution in [0.15, 0.2) is 24.3 Å². The molecule has 0 unspecified atom stereocenters. The number of hydrogen-bond acceptors (Lipinski definition) is 4. The van der Waals surface area contributed by atoms with Crippen LogP contribution in [0, 0.1) is 0 Å². The van der Waals surface area contributed by atoms with Crippen molar-refractivity contribution in [1.82, 2.24) is 4.90 Å². The van der Waals surface area contributed by atoms with E-state index in [2.05, 4.69) is 17.0 Å². The van der Waals surface area contributed by atoms with Crippen molar-refractivity contribution in [2.75, 3.05) is 26.2 Å². The number of hydrogen-bond donors (Lipinski definition) is 0. The first-order valence-corrected chi connectivity index (χ1v) is 10.1. The highest BCUT2D eigenvalue weighted by Gasteiger charge is 2.15. The predicted molar refractivity (Wildman–Crippen MR) is 106 cm³/mol. The van der Waals surface area contributed by atoms with E-state index in [1.165, 1.54) is 44.3 Å². The van der Waals surface area contributed by atoms with Crippen molar-refractivity contribution in [2.24, 2.45) is 0 Å². The van der Waals surface area contributed by atoms with Crippen molar-refractivity contribution in [3.8, 4) is 5.75 Å². The molecule has 1 heterocycles. The first-order chi connectivity index (χ1) is 12.4. The van der Waals surface area contributed by atoms with E-state index in [9.17, 15) is 4.79 Å². The van der Waals surface area contributed by atoms with E-state index < -0.39 is 5.60 Å². The molecule has 1 aliphatic rings. The van der Waals surface area contributed by atoms with E-state index in [0.717, 1.165) is 31.7 Å². The fourth-order valence-corrected chi connectivity index (χ4v) is 3.23. The van der Waals surface area contributed by atoms with Gasteiger partial charge < -0.3 is 9.47 Å². The van der Waals surface area contributed by atoms with Crippen molar-refractivity contribution in [3.05, 3.63) is 29.8 Å². The molecule has 0 saturated carbocycles. The Morgan fingerprint density at radius 1 is 1.04 bits per heavy atom. The van der Waals surface area contributed by atoms with Crippen LogP contribution in [-0.4, -0.2) is 42.7 Å². The lowest BCUT2D eigenvalue weighted by atomic mass is 10.1. The quantitative estimate of drug-likeness (QED) is 0.634. The van der Waals surface area contributed by atoms with Crippen molar-refractivity contribution >= 4 is 5.97 Å². The van der Waals surface area contributed by atoms with Crippen molar-refractivity contribution < 1.29 is 14.3 Å². The molecule has 0 spiro atoms. The SMILES string of the molecule is CC(C)(C)OC(=O)CCCc1ccc(OCCN2CCCCCC2)cc1. The number of carbonyl (C=O) groups is 1. The van der Waals surface area contributed by atoms with Crippen LogP contribution in [0.25, 0.3) is 0 Å². The van der Waals surface area contributed by atoms with Crippen molar-refractivity contribution in [1.29, 1.82) is 0 Å². The molecular formula is C22H35NO3. The van der Waals surface area contributed by atoms with Crippen LogP contribution in [0.5, 0.6) is 5.75 Å². The number of carbonyl (C=O) groups excluding carboxylic acids is 1. The van der Waals surface area contributed by atoms with Gasteiger partial charge in [0.1, 0.15) is 18.0 Å². The maximum atomic E-state index is 11.7. The van der Waals surface area contributed by atoms with Gasteiger partial charge in [0.05, 0.1) is 0 Å². The van der Waals surface area contributed by atoms with E-state index in [-0.39, 0.29) is 5.97 Å². The molecule has 1 aromatic rings. The van der Waals surface area contributed by atoms with Crippen molar-refractivity contribution in [3.63, 3.8) is 0 Å². The summed E-state index contributed by atoms with van der Waals surface area (Å²) in [5.41, 5.74) is 0.831. The van der Waals surface area contributed by atoms with E-state index >= 15 is 0 Å². The number of rotatable bonds is 8. The van der Waals surface area contributed by atoms with Gasteiger partial charge in [-0.25, -0.2) is 0 Å². The largest absolute Gasteiger partial charge is 0.492 e. The zero-order valence-electron chi connectivity index (χ0n) is 16.8. The lowest BCUT2D eigenvalue weighted by Crippen LogP contribution is -2.29. The Morgan fingerprint density at radius 2 is 1.69 bits per heavy atom. The standard InChI is InChI=1S/C22H35NO3/c1-22(2,3)26-21(24)10-8-9-19-11-13-20(14-12-19)25-18-17-23-15-6-4-5-7-16-23/h11-14H,4-10,15-18H2,1-3H3. The van der Waals surface area contributed by atoms with Gasteiger partial charge in [0.25, 0.3) is 0 Å². The second-order valence-corrected chi connectivity index (χ2v) is 8.19. The van der Waals surface area contributed by atoms with Gasteiger partial charge in [-0.15, -0.1) is 0 Å². The molecule has 0 bridgehead atoms. The lowest BCUT2D eigenvalue weighted by Gasteiger charge is -2.19. The van der Waals surface area contributed by atoms with Crippen LogP contribution in [-0.2, 0) is 16.0 Å². The minimum Gasteiger partial charge on any atom is -0.492 e. The summed E-state index contributed by atoms with van der Waals surface area (Å²) in [6, 6.07) is 8.25. The Balaban J connectivity index is 1.63. The number of ether oxygens (including phenoxy) is 2. The van der Waals surface area contributed by atoms with Gasteiger partial charge in [-0.3, -0.25) is 9.69 Å². The molecule has 1 saturated heterocycles. The highest BCUT2D eigenvalue weighted by Crippen LogP contribution is 2.16. The van der Waals surface area contributed by atoms with E-state index in [0.29, 0.717) is 6.42 Å². The molecule has 0 amide bonds. The molecule has 2 rings (SSSR count). The maximum Gasteiger partial charge on any atom is 0.306 e. The summed E-state index contributed by atoms with van der Waals surface area (Å²) in [6.07, 6.45) is 7.53. The molecule has 1 aromatic carbocycles. The summed E-state index contributed by atoms with van der Waals surface area (Å²) in [4.78, 5) is 14.2. The molecule has 1 fully saturated rings. The molecule has 4 nitrogen and oxygen atoms in total. The summed E-state index contributed by atoms with van der Waals surface area (Å²) in [6.45, 7) is 9.87. The van der Waals surface area contributed by atoms with Crippen LogP contribution in [0.3, 0.4) is 0 Å². The van der Waals surface area contributed by atoms with Crippen LogP contribution in [0.4, 0.5) is 0 Å². The molecule has 0 aliphatic carbocycles. The molecular weight excluding hydrogens is 326 g/mol. The molecule has 0 N–H and O–H groups in total. The number of nitrogens with zero attached hydrogens (tertiary/aromatic N) is 1. The first-order valence-electron chi connectivity index (χ1n) is 10.1. The molecule has 4 heteroatoms. The fraction of sp³-hybridized carbons (Fsp3) is 0.682. The molecule has 146 valence electrons. The predicted octanol–water partition coefficient (Wildman–Crippen LogP) is 4.61. The van der Waals surface area contributed by atoms with Gasteiger partial charge in [0, 0.05) is 13.0 Å². The molecule has 0 atom stereocenters. The average Bonchev–Trinajstić information content (AvgIpc) is 2.83. The third kappa shape index (κ3) is 8.70. The Kier molecular flexibility index (Phi) is 8.43. The minimum atomic E-state index is -0.399. The number of likely N-dealkylation sites (tertiary alicyclic amines) is 1. The summed E-state index contributed by atoms with van der Waals surface area (Å²) in [7, 11) is 0. The third-order valence-electron chi connectivity index (χ3n) is 4.56. The van der Waals surface area contributed by atoms with Crippen LogP contribution >= 0.6 is 0 Å². The summed E-state index contributed by atoms with van der Waals surface area (Å²) in [5, 5.41) is 0. The Hall–Kier alpha value is -1.55. The van der Waals surface area contributed by atoms with E-state index in [1.807, 2.05) is 32.9 Å². The van der Waals surface area contributed by atoms with Gasteiger partial charge in [0.2, 0.25) is 0 Å². The fourth-order valence-electron chi connectivity index (χ4n) is 3.23. The molecule has 0 aromatic heterocycles. The molecule has 26 heavy (non-hydrogen) atoms. The zero-order chi connectivity index (χ0) is 18.8. The first kappa shape index (κ1) is 20.8. The summed E-state index contributed by atoms with van der Waals surface area (Å²) < 4.78 is 11.2. The lowest BCUT2D eigenvalue weighted by molar-refractivity contribution is -0.154. The van der Waals surface area contributed by atoms with E-state index in [1.54, 1.807) is 0 Å². The van der Waals surface area contributed by atoms with Gasteiger partial charge in [-0.05, 0) is 77.2 Å². The van der Waals surface area contributed by atoms with Gasteiger partial charge in [-0.2, -0.15) is 0 Å². The van der Waals surface area contributed by atoms with Crippen molar-refractivity contribution in [2.45, 2.75) is 71.3 Å². The molecule has 1 aliphatic heterocycles. The summed E-state index contributed by atoms with van der Waals surface area (Å²) >= 11 is 0. The summed E-state index contributed by atoms with van der Waals surface area (Å²) in [5.74, 6) is 0.807. The Labute approximate surface area is 158 Å². The monoisotopic (exact) mass is 361 g/mol. The third-order valence-corrected chi connectivity index (χ3v) is 4.56. The number of benzene rings is 1. The zero-order valence-corrected chi connectivity index (χ0v) is 16.8. The highest BCUT2D eigenvalue weighted by atomic mass is 16.6. The highest BCUT2D eigenvalue weighted by molar-refractivity contribution is 5.69.